The molecule has 0 spiro atoms. The van der Waals surface area contributed by atoms with E-state index in [1.54, 1.807) is 24.3 Å². The van der Waals surface area contributed by atoms with E-state index in [1.165, 1.54) is 18.2 Å². The summed E-state index contributed by atoms with van der Waals surface area (Å²) in [5.41, 5.74) is 1.32. The van der Waals surface area contributed by atoms with E-state index in [1.807, 2.05) is 0 Å². The van der Waals surface area contributed by atoms with Crippen LogP contribution >= 0.6 is 0 Å². The van der Waals surface area contributed by atoms with Crippen molar-refractivity contribution in [2.75, 3.05) is 0 Å². The number of rotatable bonds is 1. The lowest BCUT2D eigenvalue weighted by Crippen LogP contribution is -1.87. The largest absolute Gasteiger partial charge is 0.207 e. The van der Waals surface area contributed by atoms with Crippen LogP contribution in [0.5, 0.6) is 0 Å². The Labute approximate surface area is 92.5 Å². The summed E-state index contributed by atoms with van der Waals surface area (Å²) >= 11 is 0. The van der Waals surface area contributed by atoms with Gasteiger partial charge in [-0.1, -0.05) is 24.1 Å². The third-order valence-electron chi connectivity index (χ3n) is 2.27. The fourth-order valence-electron chi connectivity index (χ4n) is 1.50. The molecule has 2 heteroatoms. The van der Waals surface area contributed by atoms with E-state index in [4.69, 9.17) is 6.42 Å². The number of hydrogen-bond donors (Lipinski definition) is 0. The van der Waals surface area contributed by atoms with Crippen LogP contribution in [0.25, 0.3) is 11.1 Å². The second-order valence-corrected chi connectivity index (χ2v) is 3.35. The molecule has 0 saturated heterocycles. The first-order valence-electron chi connectivity index (χ1n) is 4.73. The maximum absolute atomic E-state index is 13.6. The average Bonchev–Trinajstić information content (AvgIpc) is 2.28. The quantitative estimate of drug-likeness (QED) is 0.636. The molecule has 0 aromatic heterocycles. The van der Waals surface area contributed by atoms with Gasteiger partial charge in [-0.2, -0.15) is 0 Å². The van der Waals surface area contributed by atoms with E-state index >= 15 is 0 Å². The Hall–Kier alpha value is -2.14. The van der Waals surface area contributed by atoms with Crippen LogP contribution in [0.4, 0.5) is 8.78 Å². The van der Waals surface area contributed by atoms with Gasteiger partial charge >= 0.3 is 0 Å². The minimum Gasteiger partial charge on any atom is -0.207 e. The molecule has 0 amide bonds. The third kappa shape index (κ3) is 1.94. The molecular weight excluding hydrogens is 206 g/mol. The Balaban J connectivity index is 2.53. The van der Waals surface area contributed by atoms with Crippen molar-refractivity contribution < 1.29 is 8.78 Å². The predicted octanol–water partition coefficient (Wildman–Crippen LogP) is 3.61. The van der Waals surface area contributed by atoms with Crippen LogP contribution in [0.2, 0.25) is 0 Å². The first kappa shape index (κ1) is 10.4. The van der Waals surface area contributed by atoms with Crippen LogP contribution in [-0.4, -0.2) is 0 Å². The lowest BCUT2D eigenvalue weighted by Gasteiger charge is -2.04. The summed E-state index contributed by atoms with van der Waals surface area (Å²) in [6, 6.07) is 10.2. The van der Waals surface area contributed by atoms with Crippen molar-refractivity contribution in [3.8, 4) is 23.5 Å². The van der Waals surface area contributed by atoms with Crippen LogP contribution in [0, 0.1) is 24.0 Å². The molecule has 0 atom stereocenters. The van der Waals surface area contributed by atoms with Gasteiger partial charge in [0.15, 0.2) is 0 Å². The van der Waals surface area contributed by atoms with Crippen molar-refractivity contribution in [1.82, 2.24) is 0 Å². The van der Waals surface area contributed by atoms with Crippen LogP contribution in [0.1, 0.15) is 5.56 Å². The molecule has 0 aliphatic carbocycles. The minimum absolute atomic E-state index is 0.346. The lowest BCUT2D eigenvalue weighted by atomic mass is 10.0. The van der Waals surface area contributed by atoms with E-state index in [0.717, 1.165) is 0 Å². The summed E-state index contributed by atoms with van der Waals surface area (Å²) in [4.78, 5) is 0. The molecule has 2 rings (SSSR count). The van der Waals surface area contributed by atoms with Crippen molar-refractivity contribution in [2.45, 2.75) is 0 Å². The van der Waals surface area contributed by atoms with Crippen molar-refractivity contribution in [2.24, 2.45) is 0 Å². The molecule has 2 aromatic rings. The smallest absolute Gasteiger partial charge is 0.132 e. The van der Waals surface area contributed by atoms with Gasteiger partial charge in [-0.25, -0.2) is 8.78 Å². The summed E-state index contributed by atoms with van der Waals surface area (Å²) in [5, 5.41) is 0. The number of benzene rings is 2. The average molecular weight is 214 g/mol. The highest BCUT2D eigenvalue weighted by atomic mass is 19.1. The SMILES string of the molecule is C#Cc1ccc(-c2cccc(F)c2)c(F)c1. The molecule has 0 aliphatic rings. The molecule has 0 radical (unpaired) electrons. The van der Waals surface area contributed by atoms with Gasteiger partial charge in [-0.15, -0.1) is 6.42 Å². The van der Waals surface area contributed by atoms with Gasteiger partial charge in [0.05, 0.1) is 0 Å². The summed E-state index contributed by atoms with van der Waals surface area (Å²) in [7, 11) is 0. The van der Waals surface area contributed by atoms with Crippen LogP contribution in [0.15, 0.2) is 42.5 Å². The Morgan fingerprint density at radius 1 is 1.00 bits per heavy atom. The van der Waals surface area contributed by atoms with Crippen molar-refractivity contribution in [3.63, 3.8) is 0 Å². The van der Waals surface area contributed by atoms with E-state index in [0.29, 0.717) is 16.7 Å². The van der Waals surface area contributed by atoms with Crippen LogP contribution < -0.4 is 0 Å². The summed E-state index contributed by atoms with van der Waals surface area (Å²) in [6.07, 6.45) is 5.15. The monoisotopic (exact) mass is 214 g/mol. The molecule has 2 aromatic carbocycles. The van der Waals surface area contributed by atoms with Crippen molar-refractivity contribution >= 4 is 0 Å². The maximum Gasteiger partial charge on any atom is 0.132 e. The first-order chi connectivity index (χ1) is 7.70. The molecule has 16 heavy (non-hydrogen) atoms. The molecule has 78 valence electrons. The second kappa shape index (κ2) is 4.16. The van der Waals surface area contributed by atoms with Crippen LogP contribution in [-0.2, 0) is 0 Å². The topological polar surface area (TPSA) is 0 Å². The number of hydrogen-bond acceptors (Lipinski definition) is 0. The Bertz CT molecular complexity index is 565. The van der Waals surface area contributed by atoms with E-state index in [2.05, 4.69) is 5.92 Å². The van der Waals surface area contributed by atoms with E-state index < -0.39 is 11.6 Å². The van der Waals surface area contributed by atoms with Gasteiger partial charge in [-0.05, 0) is 29.8 Å². The van der Waals surface area contributed by atoms with Gasteiger partial charge in [-0.3, -0.25) is 0 Å². The van der Waals surface area contributed by atoms with Gasteiger partial charge < -0.3 is 0 Å². The third-order valence-corrected chi connectivity index (χ3v) is 2.27. The first-order valence-corrected chi connectivity index (χ1v) is 4.73. The lowest BCUT2D eigenvalue weighted by molar-refractivity contribution is 0.624. The second-order valence-electron chi connectivity index (χ2n) is 3.35. The summed E-state index contributed by atoms with van der Waals surface area (Å²) < 4.78 is 26.6. The Morgan fingerprint density at radius 2 is 1.81 bits per heavy atom. The summed E-state index contributed by atoms with van der Waals surface area (Å²) in [5.74, 6) is 1.51. The molecule has 0 fully saturated rings. The normalized spacial score (nSPS) is 9.81. The molecule has 0 aliphatic heterocycles. The van der Waals surface area contributed by atoms with Crippen molar-refractivity contribution in [1.29, 1.82) is 0 Å². The molecule has 0 saturated carbocycles. The molecule has 0 bridgehead atoms. The zero-order valence-corrected chi connectivity index (χ0v) is 8.37. The van der Waals surface area contributed by atoms with Gasteiger partial charge in [0.1, 0.15) is 11.6 Å². The standard InChI is InChI=1S/C14H8F2/c1-2-10-6-7-13(14(16)8-10)11-4-3-5-12(15)9-11/h1,3-9H. The highest BCUT2D eigenvalue weighted by Gasteiger charge is 2.06. The van der Waals surface area contributed by atoms with Crippen molar-refractivity contribution in [3.05, 3.63) is 59.7 Å². The summed E-state index contributed by atoms with van der Waals surface area (Å²) in [6.45, 7) is 0. The molecule has 0 nitrogen and oxygen atoms in total. The highest BCUT2D eigenvalue weighted by Crippen LogP contribution is 2.23. The van der Waals surface area contributed by atoms with Crippen LogP contribution in [0.3, 0.4) is 0 Å². The van der Waals surface area contributed by atoms with E-state index in [-0.39, 0.29) is 0 Å². The Morgan fingerprint density at radius 3 is 2.44 bits per heavy atom. The van der Waals surface area contributed by atoms with Gasteiger partial charge in [0.2, 0.25) is 0 Å². The molecular formula is C14H8F2. The molecule has 0 N–H and O–H groups in total. The van der Waals surface area contributed by atoms with E-state index in [9.17, 15) is 8.78 Å². The molecule has 0 heterocycles. The highest BCUT2D eigenvalue weighted by molar-refractivity contribution is 5.65. The fraction of sp³-hybridized carbons (Fsp3) is 0. The maximum atomic E-state index is 13.6. The number of terminal acetylenes is 1. The predicted molar refractivity (Wildman–Crippen MR) is 59.7 cm³/mol. The fourth-order valence-corrected chi connectivity index (χ4v) is 1.50. The Kier molecular flexibility index (Phi) is 2.70. The molecule has 0 unspecified atom stereocenters. The van der Waals surface area contributed by atoms with Gasteiger partial charge in [0, 0.05) is 11.1 Å². The number of halogens is 2. The zero-order valence-electron chi connectivity index (χ0n) is 8.37. The minimum atomic E-state index is -0.443. The van der Waals surface area contributed by atoms with Gasteiger partial charge in [0.25, 0.3) is 0 Å². The zero-order chi connectivity index (χ0) is 11.5.